The highest BCUT2D eigenvalue weighted by molar-refractivity contribution is 8.06. The molecule has 0 bridgehead atoms. The molecule has 0 unspecified atom stereocenters. The van der Waals surface area contributed by atoms with Crippen LogP contribution in [-0.2, 0) is 4.74 Å². The maximum atomic E-state index is 5.34. The van der Waals surface area contributed by atoms with Crippen molar-refractivity contribution in [2.75, 3.05) is 12.4 Å². The van der Waals surface area contributed by atoms with Crippen molar-refractivity contribution >= 4 is 11.8 Å². The summed E-state index contributed by atoms with van der Waals surface area (Å²) in [7, 11) is 0. The van der Waals surface area contributed by atoms with Gasteiger partial charge in [0.1, 0.15) is 0 Å². The van der Waals surface area contributed by atoms with E-state index in [4.69, 9.17) is 4.74 Å². The fraction of sp³-hybridized carbons (Fsp3) is 1.00. The Morgan fingerprint density at radius 1 is 1.75 bits per heavy atom. The first-order valence-corrected chi connectivity index (χ1v) is 4.07. The van der Waals surface area contributed by atoms with Crippen molar-refractivity contribution in [1.29, 1.82) is 0 Å². The monoisotopic (exact) mass is 132 g/mol. The lowest BCUT2D eigenvalue weighted by molar-refractivity contribution is 0.0853. The van der Waals surface area contributed by atoms with Gasteiger partial charge in [-0.2, -0.15) is 11.8 Å². The zero-order valence-corrected chi connectivity index (χ0v) is 6.20. The van der Waals surface area contributed by atoms with Crippen LogP contribution < -0.4 is 0 Å². The standard InChI is InChI=1S/C6H12OS/c1-5(2)7-3-6-4-8-6/h5-6H,3-4H2,1-2H3/t6-/m1/s1. The second-order valence-electron chi connectivity index (χ2n) is 2.34. The van der Waals surface area contributed by atoms with E-state index in [9.17, 15) is 0 Å². The molecule has 1 fully saturated rings. The van der Waals surface area contributed by atoms with E-state index in [-0.39, 0.29) is 0 Å². The van der Waals surface area contributed by atoms with Crippen LogP contribution in [0.4, 0.5) is 0 Å². The summed E-state index contributed by atoms with van der Waals surface area (Å²) in [6.45, 7) is 5.11. The van der Waals surface area contributed by atoms with Crippen molar-refractivity contribution in [3.05, 3.63) is 0 Å². The molecule has 0 aliphatic carbocycles. The molecular weight excluding hydrogens is 120 g/mol. The molecule has 0 aromatic carbocycles. The average molecular weight is 132 g/mol. The molecule has 1 aliphatic heterocycles. The molecule has 1 aliphatic rings. The van der Waals surface area contributed by atoms with Gasteiger partial charge in [0.05, 0.1) is 12.7 Å². The highest BCUT2D eigenvalue weighted by Gasteiger charge is 2.22. The van der Waals surface area contributed by atoms with Crippen LogP contribution in [0.2, 0.25) is 0 Å². The third-order valence-corrected chi connectivity index (χ3v) is 1.96. The molecule has 0 saturated carbocycles. The van der Waals surface area contributed by atoms with E-state index in [1.807, 2.05) is 11.8 Å². The summed E-state index contributed by atoms with van der Waals surface area (Å²) < 4.78 is 5.34. The van der Waals surface area contributed by atoms with Crippen LogP contribution in [0.3, 0.4) is 0 Å². The summed E-state index contributed by atoms with van der Waals surface area (Å²) in [4.78, 5) is 0. The maximum Gasteiger partial charge on any atom is 0.0596 e. The Bertz CT molecular complexity index is 66.9. The van der Waals surface area contributed by atoms with Gasteiger partial charge in [-0.15, -0.1) is 0 Å². The van der Waals surface area contributed by atoms with E-state index in [1.165, 1.54) is 5.75 Å². The molecule has 1 saturated heterocycles. The van der Waals surface area contributed by atoms with Crippen LogP contribution in [-0.4, -0.2) is 23.7 Å². The first-order valence-electron chi connectivity index (χ1n) is 3.02. The highest BCUT2D eigenvalue weighted by atomic mass is 32.2. The fourth-order valence-electron chi connectivity index (χ4n) is 0.464. The predicted molar refractivity (Wildman–Crippen MR) is 37.3 cm³/mol. The molecule has 1 nitrogen and oxygen atoms in total. The van der Waals surface area contributed by atoms with Gasteiger partial charge in [0.2, 0.25) is 0 Å². The van der Waals surface area contributed by atoms with Crippen LogP contribution in [0.15, 0.2) is 0 Å². The van der Waals surface area contributed by atoms with E-state index in [1.54, 1.807) is 0 Å². The molecule has 8 heavy (non-hydrogen) atoms. The van der Waals surface area contributed by atoms with Crippen molar-refractivity contribution in [1.82, 2.24) is 0 Å². The van der Waals surface area contributed by atoms with Crippen LogP contribution in [0.25, 0.3) is 0 Å². The Morgan fingerprint density at radius 3 is 2.75 bits per heavy atom. The van der Waals surface area contributed by atoms with Crippen LogP contribution in [0, 0.1) is 0 Å². The van der Waals surface area contributed by atoms with Crippen molar-refractivity contribution < 1.29 is 4.74 Å². The molecule has 0 aromatic heterocycles. The summed E-state index contributed by atoms with van der Waals surface area (Å²) in [6.07, 6.45) is 0.413. The Morgan fingerprint density at radius 2 is 2.38 bits per heavy atom. The largest absolute Gasteiger partial charge is 0.378 e. The summed E-state index contributed by atoms with van der Waals surface area (Å²) in [5.41, 5.74) is 0. The SMILES string of the molecule is CC(C)OC[C@@H]1CS1. The van der Waals surface area contributed by atoms with Gasteiger partial charge in [0, 0.05) is 11.0 Å². The molecule has 0 N–H and O–H groups in total. The first-order chi connectivity index (χ1) is 3.79. The number of thioether (sulfide) groups is 1. The Hall–Kier alpha value is 0.310. The van der Waals surface area contributed by atoms with Gasteiger partial charge in [-0.3, -0.25) is 0 Å². The minimum atomic E-state index is 0.413. The Labute approximate surface area is 54.8 Å². The lowest BCUT2D eigenvalue weighted by atomic mass is 10.4. The Kier molecular flexibility index (Phi) is 2.20. The molecule has 1 rings (SSSR count). The summed E-state index contributed by atoms with van der Waals surface area (Å²) in [5.74, 6) is 1.31. The summed E-state index contributed by atoms with van der Waals surface area (Å²) >= 11 is 1.99. The van der Waals surface area contributed by atoms with Gasteiger partial charge in [0.25, 0.3) is 0 Å². The molecule has 0 amide bonds. The third kappa shape index (κ3) is 2.58. The smallest absolute Gasteiger partial charge is 0.0596 e. The van der Waals surface area contributed by atoms with Crippen molar-refractivity contribution in [3.63, 3.8) is 0 Å². The quantitative estimate of drug-likeness (QED) is 0.538. The number of rotatable bonds is 3. The lowest BCUT2D eigenvalue weighted by Crippen LogP contribution is -2.07. The van der Waals surface area contributed by atoms with Crippen molar-refractivity contribution in [3.8, 4) is 0 Å². The first kappa shape index (κ1) is 6.43. The van der Waals surface area contributed by atoms with Gasteiger partial charge in [-0.25, -0.2) is 0 Å². The molecule has 1 heterocycles. The van der Waals surface area contributed by atoms with E-state index >= 15 is 0 Å². The second kappa shape index (κ2) is 2.74. The minimum Gasteiger partial charge on any atom is -0.378 e. The average Bonchev–Trinajstić information content (AvgIpc) is 2.41. The minimum absolute atomic E-state index is 0.413. The van der Waals surface area contributed by atoms with E-state index in [2.05, 4.69) is 13.8 Å². The molecule has 0 radical (unpaired) electrons. The summed E-state index contributed by atoms with van der Waals surface area (Å²) in [5, 5.41) is 0.831. The number of hydrogen-bond donors (Lipinski definition) is 0. The topological polar surface area (TPSA) is 9.23 Å². The number of ether oxygens (including phenoxy) is 1. The normalized spacial score (nSPS) is 26.6. The highest BCUT2D eigenvalue weighted by Crippen LogP contribution is 2.30. The van der Waals surface area contributed by atoms with E-state index in [0.717, 1.165) is 11.9 Å². The van der Waals surface area contributed by atoms with Crippen molar-refractivity contribution in [2.45, 2.75) is 25.2 Å². The lowest BCUT2D eigenvalue weighted by Gasteiger charge is -2.03. The van der Waals surface area contributed by atoms with Crippen molar-refractivity contribution in [2.24, 2.45) is 0 Å². The second-order valence-corrected chi connectivity index (χ2v) is 3.67. The predicted octanol–water partition coefficient (Wildman–Crippen LogP) is 1.53. The maximum absolute atomic E-state index is 5.34. The molecule has 1 atom stereocenters. The molecule has 0 aromatic rings. The third-order valence-electron chi connectivity index (χ3n) is 1.02. The summed E-state index contributed by atoms with van der Waals surface area (Å²) in [6, 6.07) is 0. The van der Waals surface area contributed by atoms with Crippen LogP contribution >= 0.6 is 11.8 Å². The zero-order valence-electron chi connectivity index (χ0n) is 5.39. The van der Waals surface area contributed by atoms with Crippen LogP contribution in [0.5, 0.6) is 0 Å². The van der Waals surface area contributed by atoms with Gasteiger partial charge in [-0.1, -0.05) is 0 Å². The van der Waals surface area contributed by atoms with E-state index in [0.29, 0.717) is 6.10 Å². The van der Waals surface area contributed by atoms with Gasteiger partial charge >= 0.3 is 0 Å². The Balaban J connectivity index is 1.87. The molecule has 2 heteroatoms. The fourth-order valence-corrected chi connectivity index (χ4v) is 0.871. The van der Waals surface area contributed by atoms with Gasteiger partial charge in [0.15, 0.2) is 0 Å². The molecular formula is C6H12OS. The molecule has 0 spiro atoms. The van der Waals surface area contributed by atoms with E-state index < -0.39 is 0 Å². The number of hydrogen-bond acceptors (Lipinski definition) is 2. The zero-order chi connectivity index (χ0) is 5.98. The van der Waals surface area contributed by atoms with Gasteiger partial charge in [-0.05, 0) is 13.8 Å². The molecule has 48 valence electrons. The van der Waals surface area contributed by atoms with Crippen LogP contribution in [0.1, 0.15) is 13.8 Å². The van der Waals surface area contributed by atoms with Gasteiger partial charge < -0.3 is 4.74 Å².